The predicted octanol–water partition coefficient (Wildman–Crippen LogP) is 6.52. The molecule has 0 saturated carbocycles. The standard InChI is InChI=1S/C24H43O6PS/c1-5-9-16-31(17-10-6-2,18-11-7-3,19-12-8-4)30-32(27,28)23-15-13-14-22(20-23)29-21-24(25)26/h13-15,20H,5-12,16-19,21H2,1-4H3,(H,25,26). The molecule has 1 aromatic rings. The third kappa shape index (κ3) is 8.64. The summed E-state index contributed by atoms with van der Waals surface area (Å²) in [5, 5.41) is 8.86. The van der Waals surface area contributed by atoms with Crippen LogP contribution in [0.5, 0.6) is 5.75 Å². The number of carbonyl (C=O) groups is 1. The van der Waals surface area contributed by atoms with E-state index in [1.165, 1.54) is 12.1 Å². The molecule has 1 N–H and O–H groups in total. The van der Waals surface area contributed by atoms with Gasteiger partial charge in [-0.1, -0.05) is 0 Å². The monoisotopic (exact) mass is 490 g/mol. The summed E-state index contributed by atoms with van der Waals surface area (Å²) in [6.07, 6.45) is 11.2. The van der Waals surface area contributed by atoms with Crippen LogP contribution in [0.3, 0.4) is 0 Å². The Hall–Kier alpha value is -1.17. The molecule has 0 amide bonds. The third-order valence-electron chi connectivity index (χ3n) is 6.07. The summed E-state index contributed by atoms with van der Waals surface area (Å²) in [4.78, 5) is 10.9. The number of carboxylic acids is 1. The second kappa shape index (κ2) is 13.5. The van der Waals surface area contributed by atoms with Crippen molar-refractivity contribution in [2.24, 2.45) is 0 Å². The number of hydrogen-bond acceptors (Lipinski definition) is 5. The molecule has 0 atom stereocenters. The van der Waals surface area contributed by atoms with E-state index in [-0.39, 0.29) is 10.6 Å². The van der Waals surface area contributed by atoms with Gasteiger partial charge in [0.2, 0.25) is 0 Å². The van der Waals surface area contributed by atoms with Crippen LogP contribution < -0.4 is 4.74 Å². The zero-order valence-electron chi connectivity index (χ0n) is 20.3. The first-order valence-corrected chi connectivity index (χ1v) is 16.4. The zero-order valence-corrected chi connectivity index (χ0v) is 22.1. The number of benzene rings is 1. The number of ether oxygens (including phenoxy) is 1. The minimum absolute atomic E-state index is 0.0374. The fourth-order valence-electron chi connectivity index (χ4n) is 4.24. The number of hydrogen-bond donors (Lipinski definition) is 1. The van der Waals surface area contributed by atoms with E-state index in [1.54, 1.807) is 12.1 Å². The van der Waals surface area contributed by atoms with Gasteiger partial charge >= 0.3 is 195 Å². The first-order valence-electron chi connectivity index (χ1n) is 12.1. The van der Waals surface area contributed by atoms with Crippen molar-refractivity contribution in [3.63, 3.8) is 0 Å². The van der Waals surface area contributed by atoms with E-state index < -0.39 is 29.5 Å². The van der Waals surface area contributed by atoms with Gasteiger partial charge in [-0.2, -0.15) is 0 Å². The first-order chi connectivity index (χ1) is 15.2. The van der Waals surface area contributed by atoms with Crippen LogP contribution in [-0.2, 0) is 18.9 Å². The topological polar surface area (TPSA) is 89.9 Å². The molecule has 0 aromatic heterocycles. The Bertz CT molecular complexity index is 765. The van der Waals surface area contributed by atoms with E-state index in [2.05, 4.69) is 27.7 Å². The molecule has 0 aliphatic heterocycles. The number of carboxylic acid groups (broad SMARTS) is 1. The summed E-state index contributed by atoms with van der Waals surface area (Å²) in [7, 11) is -4.03. The Morgan fingerprint density at radius 1 is 0.875 bits per heavy atom. The SMILES string of the molecule is CCCCP(CCCC)(CCCC)(CCCC)OS(=O)(=O)c1cccc(OCC(=O)O)c1. The Balaban J connectivity index is 3.46. The molecule has 0 heterocycles. The van der Waals surface area contributed by atoms with Crippen molar-refractivity contribution >= 4 is 22.9 Å². The molecule has 186 valence electrons. The summed E-state index contributed by atoms with van der Waals surface area (Å²) >= 11 is 0. The van der Waals surface area contributed by atoms with Crippen LogP contribution in [0.1, 0.15) is 79.1 Å². The summed E-state index contributed by atoms with van der Waals surface area (Å²) < 4.78 is 39.0. The molecule has 0 spiro atoms. The van der Waals surface area contributed by atoms with Crippen LogP contribution in [0.4, 0.5) is 0 Å². The van der Waals surface area contributed by atoms with Crippen LogP contribution in [0, 0.1) is 0 Å². The van der Waals surface area contributed by atoms with Crippen molar-refractivity contribution in [3.05, 3.63) is 24.3 Å². The molecule has 8 heteroatoms. The molecule has 1 rings (SSSR count). The number of unbranched alkanes of at least 4 members (excludes halogenated alkanes) is 4. The normalized spacial score (nSPS) is 13.4. The maximum atomic E-state index is 13.6. The van der Waals surface area contributed by atoms with Gasteiger partial charge in [0.05, 0.1) is 0 Å². The van der Waals surface area contributed by atoms with Crippen molar-refractivity contribution in [1.82, 2.24) is 0 Å². The summed E-state index contributed by atoms with van der Waals surface area (Å²) in [5.41, 5.74) is 0. The maximum absolute atomic E-state index is 13.6. The Labute approximate surface area is 195 Å². The van der Waals surface area contributed by atoms with Crippen LogP contribution in [0.2, 0.25) is 0 Å². The summed E-state index contributed by atoms with van der Waals surface area (Å²) in [6, 6.07) is 6.01. The molecule has 32 heavy (non-hydrogen) atoms. The van der Waals surface area contributed by atoms with Gasteiger partial charge in [-0.05, 0) is 0 Å². The third-order valence-corrected chi connectivity index (χ3v) is 15.2. The van der Waals surface area contributed by atoms with Gasteiger partial charge in [-0.25, -0.2) is 0 Å². The van der Waals surface area contributed by atoms with Crippen LogP contribution in [0.15, 0.2) is 29.2 Å². The quantitative estimate of drug-likeness (QED) is 0.236. The van der Waals surface area contributed by atoms with Gasteiger partial charge in [0.15, 0.2) is 0 Å². The summed E-state index contributed by atoms with van der Waals surface area (Å²) in [6.45, 7) is 5.01. The molecule has 0 fully saturated rings. The van der Waals surface area contributed by atoms with Crippen molar-refractivity contribution < 1.29 is 27.0 Å². The van der Waals surface area contributed by atoms with Gasteiger partial charge in [-0.15, -0.1) is 0 Å². The second-order valence-electron chi connectivity index (χ2n) is 8.85. The van der Waals surface area contributed by atoms with Crippen LogP contribution in [0.25, 0.3) is 0 Å². The fourth-order valence-corrected chi connectivity index (χ4v) is 14.3. The molecule has 6 nitrogen and oxygen atoms in total. The van der Waals surface area contributed by atoms with Gasteiger partial charge in [0.1, 0.15) is 0 Å². The zero-order chi connectivity index (χ0) is 24.1. The van der Waals surface area contributed by atoms with Crippen molar-refractivity contribution in [2.75, 3.05) is 31.3 Å². The molecule has 0 unspecified atom stereocenters. The van der Waals surface area contributed by atoms with E-state index in [9.17, 15) is 13.2 Å². The molecule has 0 radical (unpaired) electrons. The number of aliphatic carboxylic acids is 1. The molecule has 0 bridgehead atoms. The Morgan fingerprint density at radius 2 is 1.34 bits per heavy atom. The molecular formula is C24H43O6PS. The Morgan fingerprint density at radius 3 is 1.75 bits per heavy atom. The average Bonchev–Trinajstić information content (AvgIpc) is 2.78. The van der Waals surface area contributed by atoms with Crippen LogP contribution in [-0.4, -0.2) is 50.7 Å². The van der Waals surface area contributed by atoms with Crippen molar-refractivity contribution in [3.8, 4) is 5.75 Å². The van der Waals surface area contributed by atoms with Crippen molar-refractivity contribution in [1.29, 1.82) is 0 Å². The predicted molar refractivity (Wildman–Crippen MR) is 134 cm³/mol. The van der Waals surface area contributed by atoms with Gasteiger partial charge in [0.25, 0.3) is 0 Å². The molecule has 0 saturated heterocycles. The fraction of sp³-hybridized carbons (Fsp3) is 0.708. The van der Waals surface area contributed by atoms with Gasteiger partial charge in [0, 0.05) is 0 Å². The minimum atomic E-state index is -4.03. The van der Waals surface area contributed by atoms with Crippen molar-refractivity contribution in [2.45, 2.75) is 84.0 Å². The molecular weight excluding hydrogens is 447 g/mol. The van der Waals surface area contributed by atoms with E-state index in [0.29, 0.717) is 0 Å². The van der Waals surface area contributed by atoms with E-state index in [1.807, 2.05) is 0 Å². The molecule has 0 aliphatic carbocycles. The number of rotatable bonds is 18. The Kier molecular flexibility index (Phi) is 12.2. The van der Waals surface area contributed by atoms with Gasteiger partial charge < -0.3 is 0 Å². The van der Waals surface area contributed by atoms with E-state index >= 15 is 0 Å². The van der Waals surface area contributed by atoms with Crippen LogP contribution >= 0.6 is 6.83 Å². The average molecular weight is 491 g/mol. The molecule has 0 aliphatic rings. The molecule has 1 aromatic carbocycles. The van der Waals surface area contributed by atoms with E-state index in [4.69, 9.17) is 13.8 Å². The van der Waals surface area contributed by atoms with Gasteiger partial charge in [-0.3, -0.25) is 0 Å². The first kappa shape index (κ1) is 28.9. The van der Waals surface area contributed by atoms with E-state index in [0.717, 1.165) is 76.0 Å². The summed E-state index contributed by atoms with van der Waals surface area (Å²) in [5.74, 6) is -0.903. The second-order valence-corrected chi connectivity index (χ2v) is 16.3.